The molecule has 1 amide bonds. The van der Waals surface area contributed by atoms with E-state index in [0.29, 0.717) is 19.3 Å². The minimum absolute atomic E-state index is 0.131. The second-order valence-electron chi connectivity index (χ2n) is 11.5. The van der Waals surface area contributed by atoms with E-state index in [1.807, 2.05) is 0 Å². The lowest BCUT2D eigenvalue weighted by atomic mass is 9.56. The van der Waals surface area contributed by atoms with Gasteiger partial charge in [-0.2, -0.15) is 0 Å². The summed E-state index contributed by atoms with van der Waals surface area (Å²) < 4.78 is 5.59. The van der Waals surface area contributed by atoms with Crippen LogP contribution in [-0.2, 0) is 19.1 Å². The van der Waals surface area contributed by atoms with Crippen molar-refractivity contribution in [3.8, 4) is 0 Å². The molecule has 2 unspecified atom stereocenters. The maximum Gasteiger partial charge on any atom is 0.313 e. The van der Waals surface area contributed by atoms with Gasteiger partial charge in [-0.15, -0.1) is 0 Å². The summed E-state index contributed by atoms with van der Waals surface area (Å²) in [6.45, 7) is 4.40. The van der Waals surface area contributed by atoms with Gasteiger partial charge in [0.2, 0.25) is 5.91 Å². The van der Waals surface area contributed by atoms with Crippen LogP contribution in [0.25, 0.3) is 0 Å². The van der Waals surface area contributed by atoms with Crippen LogP contribution >= 0.6 is 0 Å². The highest BCUT2D eigenvalue weighted by Gasteiger charge is 2.56. The molecule has 1 heterocycles. The average Bonchev–Trinajstić information content (AvgIpc) is 2.85. The first kappa shape index (κ1) is 30.6. The van der Waals surface area contributed by atoms with Crippen molar-refractivity contribution in [3.05, 3.63) is 0 Å². The van der Waals surface area contributed by atoms with Crippen LogP contribution < -0.4 is 5.73 Å². The predicted octanol–water partition coefficient (Wildman–Crippen LogP) is 7.17. The highest BCUT2D eigenvalue weighted by molar-refractivity contribution is 5.87. The molecule has 0 aromatic rings. The molecular weight excluding hydrogens is 454 g/mol. The Morgan fingerprint density at radius 2 is 1.53 bits per heavy atom. The van der Waals surface area contributed by atoms with Gasteiger partial charge in [-0.05, 0) is 38.0 Å². The minimum atomic E-state index is -1.14. The summed E-state index contributed by atoms with van der Waals surface area (Å²) in [6, 6.07) is 0. The summed E-state index contributed by atoms with van der Waals surface area (Å²) in [4.78, 5) is 37.6. The molecule has 2 rings (SSSR count). The van der Waals surface area contributed by atoms with Crippen LogP contribution in [0, 0.1) is 23.2 Å². The van der Waals surface area contributed by atoms with Gasteiger partial charge in [0.25, 0.3) is 0 Å². The predicted molar refractivity (Wildman–Crippen MR) is 143 cm³/mol. The van der Waals surface area contributed by atoms with Crippen molar-refractivity contribution in [1.29, 1.82) is 0 Å². The topological polar surface area (TPSA) is 107 Å². The summed E-state index contributed by atoms with van der Waals surface area (Å²) in [5.74, 6) is -2.50. The van der Waals surface area contributed by atoms with Crippen LogP contribution in [0.1, 0.15) is 142 Å². The van der Waals surface area contributed by atoms with Crippen LogP contribution in [0.3, 0.4) is 0 Å². The monoisotopic (exact) mass is 507 g/mol. The van der Waals surface area contributed by atoms with E-state index in [4.69, 9.17) is 10.5 Å². The molecule has 1 aliphatic heterocycles. The molecule has 0 aromatic heterocycles. The van der Waals surface area contributed by atoms with E-state index in [1.165, 1.54) is 38.5 Å². The number of nitrogens with two attached hydrogens (primary N) is 1. The van der Waals surface area contributed by atoms with Gasteiger partial charge in [0, 0.05) is 0 Å². The van der Waals surface area contributed by atoms with Gasteiger partial charge in [-0.3, -0.25) is 14.4 Å². The van der Waals surface area contributed by atoms with Crippen molar-refractivity contribution in [3.63, 3.8) is 0 Å². The maximum atomic E-state index is 12.9. The van der Waals surface area contributed by atoms with Gasteiger partial charge in [-0.25, -0.2) is 0 Å². The molecule has 6 heteroatoms. The number of esters is 1. The number of cyclic esters (lactones) is 1. The van der Waals surface area contributed by atoms with Crippen LogP contribution in [0.2, 0.25) is 0 Å². The number of ether oxygens (including phenoxy) is 1. The van der Waals surface area contributed by atoms with Crippen LogP contribution in [-0.4, -0.2) is 29.1 Å². The molecular formula is C30H53NO5. The first-order valence-corrected chi connectivity index (χ1v) is 15.1. The molecule has 0 radical (unpaired) electrons. The zero-order valence-corrected chi connectivity index (χ0v) is 23.1. The van der Waals surface area contributed by atoms with E-state index in [0.717, 1.165) is 70.6 Å². The zero-order chi connectivity index (χ0) is 26.4. The Balaban J connectivity index is 2.05. The molecule has 1 aliphatic carbocycles. The Hall–Kier alpha value is -1.59. The molecule has 2 fully saturated rings. The van der Waals surface area contributed by atoms with Gasteiger partial charge >= 0.3 is 11.9 Å². The third kappa shape index (κ3) is 8.48. The number of amides is 1. The van der Waals surface area contributed by atoms with E-state index in [2.05, 4.69) is 13.8 Å². The van der Waals surface area contributed by atoms with E-state index >= 15 is 0 Å². The number of unbranched alkanes of at least 4 members (excludes halogenated alkanes) is 11. The van der Waals surface area contributed by atoms with Crippen LogP contribution in [0.5, 0.6) is 0 Å². The molecule has 1 saturated carbocycles. The lowest BCUT2D eigenvalue weighted by Crippen LogP contribution is -2.54. The molecule has 3 N–H and O–H groups in total. The molecule has 0 bridgehead atoms. The van der Waals surface area contributed by atoms with Gasteiger partial charge in [-0.1, -0.05) is 110 Å². The Bertz CT molecular complexity index is 680. The van der Waals surface area contributed by atoms with Gasteiger partial charge in [0.15, 0.2) is 0 Å². The SMILES string of the molecule is CCCCCCCCCCC[C@@H](C[C@@H]1OC(=O)[C@H]1CCCCCC)C1(C(=O)O)CCCCC1C(N)=O. The van der Waals surface area contributed by atoms with Crippen molar-refractivity contribution < 1.29 is 24.2 Å². The number of hydrogen-bond acceptors (Lipinski definition) is 4. The molecule has 208 valence electrons. The normalized spacial score (nSPS) is 26.7. The zero-order valence-electron chi connectivity index (χ0n) is 23.1. The number of carboxylic acids is 1. The maximum absolute atomic E-state index is 12.9. The summed E-state index contributed by atoms with van der Waals surface area (Å²) in [5.41, 5.74) is 4.66. The number of primary amides is 1. The largest absolute Gasteiger partial charge is 0.481 e. The minimum Gasteiger partial charge on any atom is -0.481 e. The number of carboxylic acid groups (broad SMARTS) is 1. The van der Waals surface area contributed by atoms with Crippen LogP contribution in [0.4, 0.5) is 0 Å². The Kier molecular flexibility index (Phi) is 13.9. The number of carbonyl (C=O) groups is 3. The third-order valence-electron chi connectivity index (χ3n) is 8.99. The second kappa shape index (κ2) is 16.3. The van der Waals surface area contributed by atoms with Crippen LogP contribution in [0.15, 0.2) is 0 Å². The van der Waals surface area contributed by atoms with E-state index in [1.54, 1.807) is 0 Å². The second-order valence-corrected chi connectivity index (χ2v) is 11.5. The number of rotatable bonds is 20. The average molecular weight is 508 g/mol. The molecule has 6 nitrogen and oxygen atoms in total. The lowest BCUT2D eigenvalue weighted by molar-refractivity contribution is -0.191. The highest BCUT2D eigenvalue weighted by atomic mass is 16.6. The molecule has 36 heavy (non-hydrogen) atoms. The summed E-state index contributed by atoms with van der Waals surface area (Å²) in [6.07, 6.45) is 19.8. The molecule has 5 atom stereocenters. The van der Waals surface area contributed by atoms with Crippen molar-refractivity contribution >= 4 is 17.8 Å². The van der Waals surface area contributed by atoms with E-state index in [-0.39, 0.29) is 23.9 Å². The summed E-state index contributed by atoms with van der Waals surface area (Å²) in [5, 5.41) is 10.5. The smallest absolute Gasteiger partial charge is 0.313 e. The standard InChI is InChI=1S/C30H53NO5/c1-3-5-7-9-10-11-12-13-14-18-23(22-26-24(28(33)36-26)19-15-8-6-4-2)30(29(34)35)21-17-16-20-25(30)27(31)32/h23-26H,3-22H2,1-2H3,(H2,31,32)(H,34,35)/t23-,24-,25?,26-,30?/m0/s1. The number of carbonyl (C=O) groups excluding carboxylic acids is 2. The Morgan fingerprint density at radius 3 is 2.08 bits per heavy atom. The summed E-state index contributed by atoms with van der Waals surface area (Å²) in [7, 11) is 0. The van der Waals surface area contributed by atoms with Crippen molar-refractivity contribution in [1.82, 2.24) is 0 Å². The van der Waals surface area contributed by atoms with E-state index in [9.17, 15) is 19.5 Å². The fourth-order valence-electron chi connectivity index (χ4n) is 6.79. The Labute approximate surface area is 219 Å². The number of hydrogen-bond donors (Lipinski definition) is 2. The van der Waals surface area contributed by atoms with Gasteiger partial charge in [0.1, 0.15) is 6.10 Å². The van der Waals surface area contributed by atoms with E-state index < -0.39 is 23.2 Å². The quantitative estimate of drug-likeness (QED) is 0.134. The van der Waals surface area contributed by atoms with Crippen molar-refractivity contribution in [2.45, 2.75) is 148 Å². The summed E-state index contributed by atoms with van der Waals surface area (Å²) >= 11 is 0. The highest BCUT2D eigenvalue weighted by Crippen LogP contribution is 2.52. The first-order valence-electron chi connectivity index (χ1n) is 15.1. The third-order valence-corrected chi connectivity index (χ3v) is 8.99. The molecule has 0 spiro atoms. The van der Waals surface area contributed by atoms with Gasteiger partial charge < -0.3 is 15.6 Å². The Morgan fingerprint density at radius 1 is 0.944 bits per heavy atom. The lowest BCUT2D eigenvalue weighted by Gasteiger charge is -2.47. The fraction of sp³-hybridized carbons (Fsp3) is 0.900. The molecule has 2 aliphatic rings. The molecule has 0 aromatic carbocycles. The fourth-order valence-corrected chi connectivity index (χ4v) is 6.79. The first-order chi connectivity index (χ1) is 17.4. The number of aliphatic carboxylic acids is 1. The molecule has 1 saturated heterocycles. The van der Waals surface area contributed by atoms with Crippen molar-refractivity contribution in [2.24, 2.45) is 28.9 Å². The van der Waals surface area contributed by atoms with Crippen molar-refractivity contribution in [2.75, 3.05) is 0 Å². The van der Waals surface area contributed by atoms with Gasteiger partial charge in [0.05, 0.1) is 17.3 Å².